The molecule has 0 aromatic carbocycles. The van der Waals surface area contributed by atoms with Crippen LogP contribution in [0.4, 0.5) is 0 Å². The molecule has 4 heteroatoms. The molecule has 9 heavy (non-hydrogen) atoms. The van der Waals surface area contributed by atoms with E-state index in [1.807, 2.05) is 0 Å². The summed E-state index contributed by atoms with van der Waals surface area (Å²) >= 11 is 0. The first-order chi connectivity index (χ1) is 3.92. The Hall–Kier alpha value is 0.167. The first kappa shape index (κ1) is 9.17. The molecule has 0 aromatic heterocycles. The molecule has 0 saturated heterocycles. The van der Waals surface area contributed by atoms with Gasteiger partial charge in [0.2, 0.25) is 0 Å². The molecule has 0 heterocycles. The Kier molecular flexibility index (Phi) is 3.43. The highest BCUT2D eigenvalue weighted by Gasteiger charge is 2.11. The molecule has 0 saturated carbocycles. The fourth-order valence-corrected chi connectivity index (χ4v) is 3.84. The van der Waals surface area contributed by atoms with Crippen molar-refractivity contribution in [1.29, 1.82) is 0 Å². The van der Waals surface area contributed by atoms with Crippen LogP contribution in [0.25, 0.3) is 0 Å². The summed E-state index contributed by atoms with van der Waals surface area (Å²) < 4.78 is 20.2. The summed E-state index contributed by atoms with van der Waals surface area (Å²) in [5, 5.41) is 0. The van der Waals surface area contributed by atoms with E-state index in [1.165, 1.54) is 0 Å². The highest BCUT2D eigenvalue weighted by atomic mass is 32.2. The molecule has 0 amide bonds. The van der Waals surface area contributed by atoms with Crippen LogP contribution in [-0.2, 0) is 10.7 Å². The average Bonchev–Trinajstić information content (AvgIpc) is 1.59. The molecule has 0 aliphatic heterocycles. The Morgan fingerprint density at radius 1 is 1.22 bits per heavy atom. The standard InChI is InChI=1S/C5H14O2SSi/c1-9(2,3)5-4-8(6)7/h8H,4-5H2,1-3H3. The van der Waals surface area contributed by atoms with Gasteiger partial charge < -0.3 is 0 Å². The van der Waals surface area contributed by atoms with E-state index in [0.29, 0.717) is 5.75 Å². The van der Waals surface area contributed by atoms with E-state index in [4.69, 9.17) is 0 Å². The second kappa shape index (κ2) is 3.36. The van der Waals surface area contributed by atoms with Gasteiger partial charge in [0.1, 0.15) is 10.7 Å². The zero-order chi connectivity index (χ0) is 7.49. The van der Waals surface area contributed by atoms with Crippen LogP contribution in [0.15, 0.2) is 0 Å². The summed E-state index contributed by atoms with van der Waals surface area (Å²) in [4.78, 5) is 0. The van der Waals surface area contributed by atoms with Crippen LogP contribution in [0.1, 0.15) is 0 Å². The highest BCUT2D eigenvalue weighted by Crippen LogP contribution is 2.06. The third-order valence-electron chi connectivity index (χ3n) is 1.04. The largest absolute Gasteiger partial charge is 0.232 e. The van der Waals surface area contributed by atoms with Crippen LogP contribution in [0.2, 0.25) is 25.7 Å². The molecule has 0 N–H and O–H groups in total. The summed E-state index contributed by atoms with van der Waals surface area (Å²) in [5.74, 6) is 0.380. The summed E-state index contributed by atoms with van der Waals surface area (Å²) in [6.07, 6.45) is 0. The van der Waals surface area contributed by atoms with Gasteiger partial charge >= 0.3 is 0 Å². The minimum Gasteiger partial charge on any atom is -0.232 e. The van der Waals surface area contributed by atoms with Crippen LogP contribution in [-0.4, -0.2) is 22.2 Å². The quantitative estimate of drug-likeness (QED) is 0.500. The molecule has 0 spiro atoms. The van der Waals surface area contributed by atoms with Gasteiger partial charge in [0, 0.05) is 13.8 Å². The maximum absolute atomic E-state index is 10.1. The minimum absolute atomic E-state index is 0.380. The van der Waals surface area contributed by atoms with E-state index in [2.05, 4.69) is 19.6 Å². The summed E-state index contributed by atoms with van der Waals surface area (Å²) in [6, 6.07) is 0.895. The third kappa shape index (κ3) is 8.17. The van der Waals surface area contributed by atoms with E-state index >= 15 is 0 Å². The Balaban J connectivity index is 3.52. The maximum Gasteiger partial charge on any atom is 0.139 e. The summed E-state index contributed by atoms with van der Waals surface area (Å²) in [7, 11) is -3.23. The van der Waals surface area contributed by atoms with E-state index in [0.717, 1.165) is 6.04 Å². The molecule has 0 radical (unpaired) electrons. The van der Waals surface area contributed by atoms with Crippen molar-refractivity contribution in [2.75, 3.05) is 5.75 Å². The summed E-state index contributed by atoms with van der Waals surface area (Å²) in [6.45, 7) is 6.52. The molecule has 0 aromatic rings. The zero-order valence-electron chi connectivity index (χ0n) is 6.18. The number of thiol groups is 1. The van der Waals surface area contributed by atoms with Gasteiger partial charge in [-0.3, -0.25) is 0 Å². The fourth-order valence-electron chi connectivity index (χ4n) is 0.427. The molecule has 0 rings (SSSR count). The van der Waals surface area contributed by atoms with Gasteiger partial charge in [-0.05, 0) is 6.04 Å². The predicted molar refractivity (Wildman–Crippen MR) is 43.3 cm³/mol. The van der Waals surface area contributed by atoms with Crippen LogP contribution < -0.4 is 0 Å². The molecule has 0 bridgehead atoms. The van der Waals surface area contributed by atoms with Crippen LogP contribution in [0.5, 0.6) is 0 Å². The highest BCUT2D eigenvalue weighted by molar-refractivity contribution is 7.72. The van der Waals surface area contributed by atoms with E-state index in [9.17, 15) is 8.42 Å². The molecule has 0 fully saturated rings. The van der Waals surface area contributed by atoms with E-state index in [1.54, 1.807) is 0 Å². The number of hydrogen-bond donors (Lipinski definition) is 1. The van der Waals surface area contributed by atoms with E-state index < -0.39 is 18.8 Å². The van der Waals surface area contributed by atoms with Gasteiger partial charge in [0.05, 0.1) is 0 Å². The topological polar surface area (TPSA) is 34.1 Å². The van der Waals surface area contributed by atoms with Gasteiger partial charge in [0.15, 0.2) is 0 Å². The lowest BCUT2D eigenvalue weighted by atomic mass is 11.0. The molecule has 56 valence electrons. The molecular weight excluding hydrogens is 152 g/mol. The van der Waals surface area contributed by atoms with Crippen molar-refractivity contribution in [1.82, 2.24) is 0 Å². The second-order valence-corrected chi connectivity index (χ2v) is 10.1. The zero-order valence-corrected chi connectivity index (χ0v) is 8.07. The molecule has 0 unspecified atom stereocenters. The fraction of sp³-hybridized carbons (Fsp3) is 1.00. The number of rotatable bonds is 3. The van der Waals surface area contributed by atoms with Crippen LogP contribution in [0.3, 0.4) is 0 Å². The van der Waals surface area contributed by atoms with Crippen LogP contribution in [0, 0.1) is 0 Å². The third-order valence-corrected chi connectivity index (χ3v) is 3.80. The lowest BCUT2D eigenvalue weighted by molar-refractivity contribution is 0.615. The van der Waals surface area contributed by atoms with Crippen molar-refractivity contribution < 1.29 is 8.42 Å². The Morgan fingerprint density at radius 3 is 1.78 bits per heavy atom. The average molecular weight is 166 g/mol. The SMILES string of the molecule is C[Si](C)(C)CC[SH](=O)=O. The van der Waals surface area contributed by atoms with Crippen molar-refractivity contribution in [3.8, 4) is 0 Å². The lowest BCUT2D eigenvalue weighted by Crippen LogP contribution is -2.20. The molecule has 0 aliphatic carbocycles. The van der Waals surface area contributed by atoms with Crippen molar-refractivity contribution in [3.05, 3.63) is 0 Å². The first-order valence-corrected chi connectivity index (χ1v) is 8.10. The van der Waals surface area contributed by atoms with Crippen molar-refractivity contribution >= 4 is 18.8 Å². The van der Waals surface area contributed by atoms with Gasteiger partial charge in [0.25, 0.3) is 0 Å². The molecule has 2 nitrogen and oxygen atoms in total. The van der Waals surface area contributed by atoms with Gasteiger partial charge in [-0.15, -0.1) is 0 Å². The molecular formula is C5H14O2SSi. The van der Waals surface area contributed by atoms with Crippen LogP contribution >= 0.6 is 0 Å². The first-order valence-electron chi connectivity index (χ1n) is 3.03. The Labute approximate surface area is 59.2 Å². The maximum atomic E-state index is 10.1. The minimum atomic E-state index is -2.13. The predicted octanol–water partition coefficient (Wildman–Crippen LogP) is 0.936. The molecule has 0 aliphatic rings. The lowest BCUT2D eigenvalue weighted by Gasteiger charge is -2.11. The van der Waals surface area contributed by atoms with E-state index in [-0.39, 0.29) is 0 Å². The summed E-state index contributed by atoms with van der Waals surface area (Å²) in [5.41, 5.74) is 0. The van der Waals surface area contributed by atoms with Crippen molar-refractivity contribution in [2.45, 2.75) is 25.7 Å². The van der Waals surface area contributed by atoms with Gasteiger partial charge in [-0.1, -0.05) is 19.6 Å². The Morgan fingerprint density at radius 2 is 1.67 bits per heavy atom. The van der Waals surface area contributed by atoms with Gasteiger partial charge in [-0.25, -0.2) is 8.42 Å². The smallest absolute Gasteiger partial charge is 0.139 e. The Bertz CT molecular complexity index is 138. The number of hydrogen-bond acceptors (Lipinski definition) is 2. The second-order valence-electron chi connectivity index (χ2n) is 3.37. The normalized spacial score (nSPS) is 12.4. The molecule has 0 atom stereocenters. The van der Waals surface area contributed by atoms with Crippen molar-refractivity contribution in [2.24, 2.45) is 0 Å². The van der Waals surface area contributed by atoms with Crippen molar-refractivity contribution in [3.63, 3.8) is 0 Å². The van der Waals surface area contributed by atoms with Gasteiger partial charge in [-0.2, -0.15) is 0 Å². The monoisotopic (exact) mass is 166 g/mol.